The Hall–Kier alpha value is -3.09. The molecule has 0 spiro atoms. The van der Waals surface area contributed by atoms with Crippen LogP contribution in [0.15, 0.2) is 41.8 Å². The van der Waals surface area contributed by atoms with E-state index in [4.69, 9.17) is 15.1 Å². The third-order valence-electron chi connectivity index (χ3n) is 6.99. The van der Waals surface area contributed by atoms with E-state index in [-0.39, 0.29) is 17.9 Å². The molecule has 6 rings (SSSR count). The Labute approximate surface area is 212 Å². The number of sulfonamides is 1. The van der Waals surface area contributed by atoms with Crippen molar-refractivity contribution in [2.45, 2.75) is 31.8 Å². The first-order chi connectivity index (χ1) is 17.2. The largest absolute Gasteiger partial charge is 0.349 e. The second-order valence-corrected chi connectivity index (χ2v) is 12.1. The van der Waals surface area contributed by atoms with E-state index in [9.17, 15) is 12.8 Å². The molecule has 36 heavy (non-hydrogen) atoms. The van der Waals surface area contributed by atoms with E-state index in [1.165, 1.54) is 29.7 Å². The minimum absolute atomic E-state index is 0.0150. The van der Waals surface area contributed by atoms with E-state index in [2.05, 4.69) is 11.8 Å². The van der Waals surface area contributed by atoms with Crippen molar-refractivity contribution in [2.24, 2.45) is 0 Å². The van der Waals surface area contributed by atoms with Crippen molar-refractivity contribution in [3.8, 4) is 11.3 Å². The Balaban J connectivity index is 1.34. The predicted octanol–water partition coefficient (Wildman–Crippen LogP) is 3.54. The van der Waals surface area contributed by atoms with Gasteiger partial charge < -0.3 is 9.80 Å². The first-order valence-electron chi connectivity index (χ1n) is 11.8. The summed E-state index contributed by atoms with van der Waals surface area (Å²) < 4.78 is 41.0. The van der Waals surface area contributed by atoms with Gasteiger partial charge in [0.15, 0.2) is 16.6 Å². The van der Waals surface area contributed by atoms with Crippen molar-refractivity contribution >= 4 is 43.8 Å². The molecule has 0 unspecified atom stereocenters. The van der Waals surface area contributed by atoms with Gasteiger partial charge in [-0.05, 0) is 49.2 Å². The molecule has 0 amide bonds. The van der Waals surface area contributed by atoms with Gasteiger partial charge in [-0.15, -0.1) is 16.4 Å². The molecule has 2 atom stereocenters. The molecule has 2 aliphatic heterocycles. The lowest BCUT2D eigenvalue weighted by molar-refractivity contribution is 0.370. The number of hydrogen-bond acceptors (Lipinski definition) is 8. The van der Waals surface area contributed by atoms with Crippen LogP contribution in [0, 0.1) is 5.82 Å². The van der Waals surface area contributed by atoms with Gasteiger partial charge in [0.2, 0.25) is 10.0 Å². The van der Waals surface area contributed by atoms with Gasteiger partial charge in [0.25, 0.3) is 0 Å². The molecule has 2 saturated heterocycles. The van der Waals surface area contributed by atoms with Gasteiger partial charge in [0, 0.05) is 43.2 Å². The maximum Gasteiger partial charge on any atom is 0.211 e. The highest BCUT2D eigenvalue weighted by atomic mass is 32.2. The second-order valence-electron chi connectivity index (χ2n) is 9.31. The Morgan fingerprint density at radius 1 is 1.11 bits per heavy atom. The Morgan fingerprint density at radius 3 is 2.56 bits per heavy atom. The molecular formula is C24H26FN7O2S2. The van der Waals surface area contributed by atoms with Crippen LogP contribution in [-0.2, 0) is 16.4 Å². The molecule has 5 heterocycles. The number of anilines is 3. The normalized spacial score (nSPS) is 20.1. The number of piperazine rings is 1. The first-order valence-corrected chi connectivity index (χ1v) is 14.5. The molecule has 4 aromatic rings. The van der Waals surface area contributed by atoms with Crippen LogP contribution in [0.2, 0.25) is 0 Å². The van der Waals surface area contributed by atoms with Crippen molar-refractivity contribution in [1.29, 1.82) is 0 Å². The molecule has 0 saturated carbocycles. The number of aryl methyl sites for hydroxylation is 1. The molecule has 0 N–H and O–H groups in total. The highest BCUT2D eigenvalue weighted by molar-refractivity contribution is 7.88. The Morgan fingerprint density at radius 2 is 1.89 bits per heavy atom. The van der Waals surface area contributed by atoms with Crippen LogP contribution >= 0.6 is 11.3 Å². The molecular weight excluding hydrogens is 501 g/mol. The summed E-state index contributed by atoms with van der Waals surface area (Å²) in [6.45, 7) is 3.18. The monoisotopic (exact) mass is 527 g/mol. The van der Waals surface area contributed by atoms with E-state index in [0.29, 0.717) is 13.1 Å². The molecule has 188 valence electrons. The van der Waals surface area contributed by atoms with Crippen molar-refractivity contribution in [3.63, 3.8) is 0 Å². The van der Waals surface area contributed by atoms with Crippen LogP contribution in [0.1, 0.15) is 19.0 Å². The lowest BCUT2D eigenvalue weighted by Gasteiger charge is -2.33. The highest BCUT2D eigenvalue weighted by Crippen LogP contribution is 2.37. The fraction of sp³-hybridized carbons (Fsp3) is 0.375. The molecule has 9 nitrogen and oxygen atoms in total. The quantitative estimate of drug-likeness (QED) is 0.379. The van der Waals surface area contributed by atoms with Crippen molar-refractivity contribution in [1.82, 2.24) is 23.9 Å². The molecule has 2 aliphatic rings. The van der Waals surface area contributed by atoms with Crippen molar-refractivity contribution in [2.75, 3.05) is 36.2 Å². The average Bonchev–Trinajstić information content (AvgIpc) is 3.65. The third-order valence-corrected chi connectivity index (χ3v) is 9.21. The Kier molecular flexibility index (Phi) is 5.50. The lowest BCUT2D eigenvalue weighted by atomic mass is 10.2. The summed E-state index contributed by atoms with van der Waals surface area (Å²) in [5.74, 6) is 1.38. The number of rotatable bonds is 6. The molecule has 3 aromatic heterocycles. The average molecular weight is 528 g/mol. The van der Waals surface area contributed by atoms with Gasteiger partial charge in [-0.3, -0.25) is 0 Å². The minimum Gasteiger partial charge on any atom is -0.349 e. The summed E-state index contributed by atoms with van der Waals surface area (Å²) in [6.07, 6.45) is 2.82. The van der Waals surface area contributed by atoms with E-state index in [1.807, 2.05) is 34.0 Å². The van der Waals surface area contributed by atoms with Gasteiger partial charge >= 0.3 is 0 Å². The predicted molar refractivity (Wildman–Crippen MR) is 139 cm³/mol. The Bertz CT molecular complexity index is 1550. The number of fused-ring (bicyclic) bond motifs is 3. The summed E-state index contributed by atoms with van der Waals surface area (Å²) in [4.78, 5) is 13.8. The van der Waals surface area contributed by atoms with Crippen LogP contribution in [0.5, 0.6) is 0 Å². The van der Waals surface area contributed by atoms with Gasteiger partial charge in [0.1, 0.15) is 11.6 Å². The summed E-state index contributed by atoms with van der Waals surface area (Å²) in [6, 6.07) is 10.3. The fourth-order valence-electron chi connectivity index (χ4n) is 5.26. The number of aromatic nitrogens is 4. The number of hydrogen-bond donors (Lipinski definition) is 0. The summed E-state index contributed by atoms with van der Waals surface area (Å²) in [5.41, 5.74) is 3.29. The smallest absolute Gasteiger partial charge is 0.211 e. The first kappa shape index (κ1) is 23.3. The number of thiazole rings is 1. The van der Waals surface area contributed by atoms with Gasteiger partial charge in [0.05, 0.1) is 17.6 Å². The topological polar surface area (TPSA) is 86.9 Å². The number of benzene rings is 1. The molecule has 0 aliphatic carbocycles. The third kappa shape index (κ3) is 3.84. The van der Waals surface area contributed by atoms with E-state index < -0.39 is 10.0 Å². The lowest BCUT2D eigenvalue weighted by Crippen LogP contribution is -2.48. The van der Waals surface area contributed by atoms with Crippen molar-refractivity contribution in [3.05, 3.63) is 53.3 Å². The molecule has 2 bridgehead atoms. The molecule has 12 heteroatoms. The van der Waals surface area contributed by atoms with Crippen LogP contribution in [-0.4, -0.2) is 70.8 Å². The van der Waals surface area contributed by atoms with E-state index in [0.717, 1.165) is 52.2 Å². The minimum atomic E-state index is -3.20. The summed E-state index contributed by atoms with van der Waals surface area (Å²) in [5, 5.41) is 7.70. The molecule has 1 aromatic carbocycles. The van der Waals surface area contributed by atoms with Gasteiger partial charge in [-0.25, -0.2) is 22.8 Å². The standard InChI is InChI=1S/C24H26FN7O2S2/c1-4-19-23(29(2)24-27-20(14-35-24)15-5-7-16(25)8-6-15)32-21(26-19)9-10-22(28-32)30-12-18-11-17(30)13-31(18)36(3,33)34/h5-10,14,17-18H,4,11-13H2,1-3H3/t17-,18+/m0/s1. The van der Waals surface area contributed by atoms with Crippen LogP contribution in [0.3, 0.4) is 0 Å². The van der Waals surface area contributed by atoms with E-state index in [1.54, 1.807) is 16.4 Å². The van der Waals surface area contributed by atoms with Crippen molar-refractivity contribution < 1.29 is 12.8 Å². The number of imidazole rings is 1. The number of nitrogens with zero attached hydrogens (tertiary/aromatic N) is 7. The molecule has 2 fully saturated rings. The molecule has 0 radical (unpaired) electrons. The highest BCUT2D eigenvalue weighted by Gasteiger charge is 2.47. The zero-order valence-corrected chi connectivity index (χ0v) is 21.8. The van der Waals surface area contributed by atoms with Crippen LogP contribution in [0.25, 0.3) is 16.9 Å². The SMILES string of the molecule is CCc1nc2ccc(N3C[C@H]4C[C@H]3CN4S(C)(=O)=O)nn2c1N(C)c1nc(-c2ccc(F)cc2)cs1. The summed E-state index contributed by atoms with van der Waals surface area (Å²) >= 11 is 1.50. The second kappa shape index (κ2) is 8.49. The fourth-order valence-corrected chi connectivity index (χ4v) is 7.20. The summed E-state index contributed by atoms with van der Waals surface area (Å²) in [7, 11) is -1.25. The number of halogens is 1. The van der Waals surface area contributed by atoms with Gasteiger partial charge in [-0.1, -0.05) is 6.92 Å². The van der Waals surface area contributed by atoms with Crippen LogP contribution < -0.4 is 9.80 Å². The van der Waals surface area contributed by atoms with Gasteiger partial charge in [-0.2, -0.15) is 8.82 Å². The zero-order chi connectivity index (χ0) is 25.2. The zero-order valence-electron chi connectivity index (χ0n) is 20.2. The van der Waals surface area contributed by atoms with E-state index >= 15 is 0 Å². The maximum absolute atomic E-state index is 13.3. The maximum atomic E-state index is 13.3. The van der Waals surface area contributed by atoms with Crippen LogP contribution in [0.4, 0.5) is 21.2 Å².